The van der Waals surface area contributed by atoms with Gasteiger partial charge in [0.1, 0.15) is 0 Å². The molecule has 0 heterocycles. The van der Waals surface area contributed by atoms with Gasteiger partial charge in [0.05, 0.1) is 4.90 Å². The summed E-state index contributed by atoms with van der Waals surface area (Å²) in [6, 6.07) is 7.40. The lowest BCUT2D eigenvalue weighted by Crippen LogP contribution is -2.45. The Hall–Kier alpha value is -0.910. The van der Waals surface area contributed by atoms with Crippen LogP contribution >= 0.6 is 0 Å². The standard InChI is InChI=1S/C16H26N2O2S/c1-5-15(17-4)12-7-6-8-14(11-12)21(19,20)18-16(2,3)13-9-10-13/h6-8,11,13,15,17-18H,5,9-10H2,1-4H3. The van der Waals surface area contributed by atoms with Crippen LogP contribution in [0.1, 0.15) is 51.6 Å². The zero-order valence-corrected chi connectivity index (χ0v) is 14.1. The molecular weight excluding hydrogens is 284 g/mol. The Morgan fingerprint density at radius 3 is 2.52 bits per heavy atom. The maximum absolute atomic E-state index is 12.6. The van der Waals surface area contributed by atoms with E-state index in [1.807, 2.05) is 33.0 Å². The molecule has 0 bridgehead atoms. The van der Waals surface area contributed by atoms with Gasteiger partial charge in [-0.2, -0.15) is 0 Å². The predicted octanol–water partition coefficient (Wildman–Crippen LogP) is 2.82. The molecule has 2 rings (SSSR count). The largest absolute Gasteiger partial charge is 0.313 e. The van der Waals surface area contributed by atoms with Crippen LogP contribution in [0.15, 0.2) is 29.2 Å². The van der Waals surface area contributed by atoms with Gasteiger partial charge in [-0.3, -0.25) is 0 Å². The maximum atomic E-state index is 12.6. The van der Waals surface area contributed by atoms with Crippen LogP contribution in [-0.2, 0) is 10.0 Å². The molecule has 0 saturated heterocycles. The fourth-order valence-electron chi connectivity index (χ4n) is 2.80. The van der Waals surface area contributed by atoms with Crippen LogP contribution in [0, 0.1) is 5.92 Å². The zero-order chi connectivity index (χ0) is 15.7. The monoisotopic (exact) mass is 310 g/mol. The van der Waals surface area contributed by atoms with Gasteiger partial charge in [0.25, 0.3) is 0 Å². The van der Waals surface area contributed by atoms with Crippen LogP contribution in [0.4, 0.5) is 0 Å². The summed E-state index contributed by atoms with van der Waals surface area (Å²) in [6.45, 7) is 6.01. The van der Waals surface area contributed by atoms with Gasteiger partial charge in [-0.15, -0.1) is 0 Å². The van der Waals surface area contributed by atoms with E-state index in [-0.39, 0.29) is 11.6 Å². The first-order valence-electron chi connectivity index (χ1n) is 7.61. The third kappa shape index (κ3) is 3.84. The molecule has 21 heavy (non-hydrogen) atoms. The molecule has 1 aromatic carbocycles. The molecule has 0 radical (unpaired) electrons. The molecule has 0 aromatic heterocycles. The van der Waals surface area contributed by atoms with Gasteiger partial charge < -0.3 is 5.32 Å². The topological polar surface area (TPSA) is 58.2 Å². The van der Waals surface area contributed by atoms with Crippen molar-refractivity contribution in [1.29, 1.82) is 0 Å². The highest BCUT2D eigenvalue weighted by atomic mass is 32.2. The zero-order valence-electron chi connectivity index (χ0n) is 13.3. The number of benzene rings is 1. The van der Waals surface area contributed by atoms with E-state index in [0.717, 1.165) is 24.8 Å². The van der Waals surface area contributed by atoms with Crippen molar-refractivity contribution in [2.24, 2.45) is 5.92 Å². The first kappa shape index (κ1) is 16.5. The fourth-order valence-corrected chi connectivity index (χ4v) is 4.32. The van der Waals surface area contributed by atoms with E-state index in [4.69, 9.17) is 0 Å². The molecule has 1 aromatic rings. The summed E-state index contributed by atoms with van der Waals surface area (Å²) in [5, 5.41) is 3.21. The van der Waals surface area contributed by atoms with E-state index in [1.165, 1.54) is 0 Å². The van der Waals surface area contributed by atoms with E-state index >= 15 is 0 Å². The number of hydrogen-bond acceptors (Lipinski definition) is 3. The lowest BCUT2D eigenvalue weighted by atomic mass is 10.0. The second kappa shape index (κ2) is 6.07. The molecule has 1 saturated carbocycles. The SMILES string of the molecule is CCC(NC)c1cccc(S(=O)(=O)NC(C)(C)C2CC2)c1. The van der Waals surface area contributed by atoms with Crippen LogP contribution < -0.4 is 10.0 Å². The van der Waals surface area contributed by atoms with Crippen molar-refractivity contribution in [3.05, 3.63) is 29.8 Å². The van der Waals surface area contributed by atoms with Crippen LogP contribution in [-0.4, -0.2) is 21.0 Å². The van der Waals surface area contributed by atoms with Gasteiger partial charge in [-0.05, 0) is 63.8 Å². The van der Waals surface area contributed by atoms with Gasteiger partial charge in [-0.25, -0.2) is 13.1 Å². The van der Waals surface area contributed by atoms with Crippen LogP contribution in [0.2, 0.25) is 0 Å². The Morgan fingerprint density at radius 1 is 1.33 bits per heavy atom. The molecule has 0 amide bonds. The Bertz CT molecular complexity index is 588. The molecule has 4 nitrogen and oxygen atoms in total. The van der Waals surface area contributed by atoms with Crippen molar-refractivity contribution >= 4 is 10.0 Å². The minimum Gasteiger partial charge on any atom is -0.313 e. The molecule has 1 atom stereocenters. The molecule has 0 aliphatic heterocycles. The normalized spacial score (nSPS) is 17.7. The highest BCUT2D eigenvalue weighted by Crippen LogP contribution is 2.40. The third-order valence-electron chi connectivity index (χ3n) is 4.32. The van der Waals surface area contributed by atoms with Crippen molar-refractivity contribution in [1.82, 2.24) is 10.0 Å². The smallest absolute Gasteiger partial charge is 0.241 e. The average molecular weight is 310 g/mol. The third-order valence-corrected chi connectivity index (χ3v) is 5.99. The van der Waals surface area contributed by atoms with Crippen molar-refractivity contribution in [3.63, 3.8) is 0 Å². The van der Waals surface area contributed by atoms with Gasteiger partial charge in [0, 0.05) is 11.6 Å². The Kier molecular flexibility index (Phi) is 4.76. The van der Waals surface area contributed by atoms with Crippen LogP contribution in [0.5, 0.6) is 0 Å². The molecule has 1 fully saturated rings. The summed E-state index contributed by atoms with van der Waals surface area (Å²) in [7, 11) is -1.58. The molecule has 118 valence electrons. The van der Waals surface area contributed by atoms with Crippen molar-refractivity contribution in [3.8, 4) is 0 Å². The van der Waals surface area contributed by atoms with E-state index < -0.39 is 10.0 Å². The van der Waals surface area contributed by atoms with Gasteiger partial charge in [0.2, 0.25) is 10.0 Å². The van der Waals surface area contributed by atoms with E-state index in [0.29, 0.717) is 10.8 Å². The number of rotatable bonds is 7. The lowest BCUT2D eigenvalue weighted by Gasteiger charge is -2.26. The van der Waals surface area contributed by atoms with Crippen molar-refractivity contribution in [2.45, 2.75) is 56.5 Å². The summed E-state index contributed by atoms with van der Waals surface area (Å²) >= 11 is 0. The van der Waals surface area contributed by atoms with E-state index in [9.17, 15) is 8.42 Å². The Morgan fingerprint density at radius 2 is 2.00 bits per heavy atom. The summed E-state index contributed by atoms with van der Waals surface area (Å²) in [5.41, 5.74) is 0.634. The second-order valence-electron chi connectivity index (χ2n) is 6.42. The summed E-state index contributed by atoms with van der Waals surface area (Å²) < 4.78 is 28.1. The minimum absolute atomic E-state index is 0.177. The van der Waals surface area contributed by atoms with Crippen molar-refractivity contribution in [2.75, 3.05) is 7.05 Å². The molecule has 1 aliphatic carbocycles. The lowest BCUT2D eigenvalue weighted by molar-refractivity contribution is 0.400. The highest BCUT2D eigenvalue weighted by molar-refractivity contribution is 7.89. The summed E-state index contributed by atoms with van der Waals surface area (Å²) in [5.74, 6) is 0.455. The average Bonchev–Trinajstić information content (AvgIpc) is 3.24. The Labute approximate surface area is 128 Å². The fraction of sp³-hybridized carbons (Fsp3) is 0.625. The number of hydrogen-bond donors (Lipinski definition) is 2. The summed E-state index contributed by atoms with van der Waals surface area (Å²) in [4.78, 5) is 0.349. The maximum Gasteiger partial charge on any atom is 0.241 e. The van der Waals surface area contributed by atoms with E-state index in [1.54, 1.807) is 12.1 Å². The second-order valence-corrected chi connectivity index (χ2v) is 8.11. The highest BCUT2D eigenvalue weighted by Gasteiger charge is 2.40. The first-order chi connectivity index (χ1) is 9.80. The number of sulfonamides is 1. The quantitative estimate of drug-likeness (QED) is 0.814. The van der Waals surface area contributed by atoms with E-state index in [2.05, 4.69) is 17.0 Å². The molecule has 1 aliphatic rings. The Balaban J connectivity index is 2.25. The van der Waals surface area contributed by atoms with Crippen LogP contribution in [0.3, 0.4) is 0 Å². The van der Waals surface area contributed by atoms with Gasteiger partial charge in [0.15, 0.2) is 0 Å². The van der Waals surface area contributed by atoms with Gasteiger partial charge >= 0.3 is 0 Å². The first-order valence-corrected chi connectivity index (χ1v) is 9.09. The predicted molar refractivity (Wildman–Crippen MR) is 85.7 cm³/mol. The van der Waals surface area contributed by atoms with Crippen molar-refractivity contribution < 1.29 is 8.42 Å². The molecule has 0 spiro atoms. The number of nitrogens with one attached hydrogen (secondary N) is 2. The molecule has 5 heteroatoms. The van der Waals surface area contributed by atoms with Crippen LogP contribution in [0.25, 0.3) is 0 Å². The minimum atomic E-state index is -3.47. The molecule has 1 unspecified atom stereocenters. The molecular formula is C16H26N2O2S. The summed E-state index contributed by atoms with van der Waals surface area (Å²) in [6.07, 6.45) is 3.13. The molecule has 2 N–H and O–H groups in total. The van der Waals surface area contributed by atoms with Gasteiger partial charge in [-0.1, -0.05) is 19.1 Å².